The molecule has 0 aromatic heterocycles. The van der Waals surface area contributed by atoms with E-state index >= 15 is 0 Å². The molecule has 0 amide bonds. The molecule has 3 unspecified atom stereocenters. The number of guanidine groups is 1. The molecule has 0 radical (unpaired) electrons. The Bertz CT molecular complexity index is 623. The number of nitrogens with zero attached hydrogens (tertiary/aromatic N) is 2. The van der Waals surface area contributed by atoms with Gasteiger partial charge in [-0.1, -0.05) is 25.1 Å². The molecule has 1 aromatic rings. The van der Waals surface area contributed by atoms with E-state index in [9.17, 15) is 0 Å². The van der Waals surface area contributed by atoms with E-state index in [0.717, 1.165) is 57.4 Å². The van der Waals surface area contributed by atoms with Crippen molar-refractivity contribution in [3.8, 4) is 5.75 Å². The summed E-state index contributed by atoms with van der Waals surface area (Å²) in [5, 5.41) is 3.45. The lowest BCUT2D eigenvalue weighted by Gasteiger charge is -2.37. The van der Waals surface area contributed by atoms with Crippen LogP contribution in [0.25, 0.3) is 0 Å². The topological polar surface area (TPSA) is 55.3 Å². The van der Waals surface area contributed by atoms with Crippen molar-refractivity contribution in [1.29, 1.82) is 0 Å². The van der Waals surface area contributed by atoms with Gasteiger partial charge in [0, 0.05) is 38.7 Å². The van der Waals surface area contributed by atoms with E-state index in [1.165, 1.54) is 5.56 Å². The van der Waals surface area contributed by atoms with E-state index in [4.69, 9.17) is 19.2 Å². The second-order valence-corrected chi connectivity index (χ2v) is 7.24. The van der Waals surface area contributed by atoms with Gasteiger partial charge in [-0.05, 0) is 31.4 Å². The molecular formula is C21H34IN3O3. The molecule has 1 N–H and O–H groups in total. The molecule has 0 spiro atoms. The number of morpholine rings is 1. The number of benzene rings is 1. The lowest BCUT2D eigenvalue weighted by molar-refractivity contribution is -0.0817. The number of methoxy groups -OCH3 is 1. The third-order valence-electron chi connectivity index (χ3n) is 5.29. The first-order valence-corrected chi connectivity index (χ1v) is 10.1. The quantitative estimate of drug-likeness (QED) is 0.367. The molecule has 3 atom stereocenters. The lowest BCUT2D eigenvalue weighted by Crippen LogP contribution is -2.53. The van der Waals surface area contributed by atoms with Crippen LogP contribution in [0.5, 0.6) is 5.75 Å². The summed E-state index contributed by atoms with van der Waals surface area (Å²) >= 11 is 0. The second kappa shape index (κ2) is 11.8. The summed E-state index contributed by atoms with van der Waals surface area (Å²) in [7, 11) is 1.72. The third-order valence-corrected chi connectivity index (χ3v) is 5.29. The summed E-state index contributed by atoms with van der Waals surface area (Å²) in [6.07, 6.45) is 2.59. The van der Waals surface area contributed by atoms with Gasteiger partial charge in [0.15, 0.2) is 5.96 Å². The van der Waals surface area contributed by atoms with Crippen LogP contribution in [0.2, 0.25) is 0 Å². The molecule has 158 valence electrons. The number of para-hydroxylation sites is 1. The van der Waals surface area contributed by atoms with Crippen molar-refractivity contribution < 1.29 is 14.2 Å². The van der Waals surface area contributed by atoms with E-state index in [1.54, 1.807) is 7.11 Å². The highest BCUT2D eigenvalue weighted by Gasteiger charge is 2.32. The molecule has 0 saturated carbocycles. The Morgan fingerprint density at radius 1 is 1.29 bits per heavy atom. The van der Waals surface area contributed by atoms with Crippen molar-refractivity contribution in [3.63, 3.8) is 0 Å². The zero-order valence-electron chi connectivity index (χ0n) is 17.2. The maximum atomic E-state index is 5.98. The molecule has 0 bridgehead atoms. The Balaban J connectivity index is 0.00000280. The number of hydrogen-bond acceptors (Lipinski definition) is 4. The first-order valence-electron chi connectivity index (χ1n) is 10.1. The molecule has 6 nitrogen and oxygen atoms in total. The minimum Gasteiger partial charge on any atom is -0.496 e. The van der Waals surface area contributed by atoms with Crippen molar-refractivity contribution in [2.75, 3.05) is 46.5 Å². The molecule has 28 heavy (non-hydrogen) atoms. The Hall–Kier alpha value is -1.06. The van der Waals surface area contributed by atoms with Gasteiger partial charge >= 0.3 is 0 Å². The molecule has 1 aromatic carbocycles. The Morgan fingerprint density at radius 3 is 2.79 bits per heavy atom. The van der Waals surface area contributed by atoms with Crippen LogP contribution in [0, 0.1) is 0 Å². The molecule has 2 aliphatic rings. The van der Waals surface area contributed by atoms with Crippen LogP contribution >= 0.6 is 24.0 Å². The summed E-state index contributed by atoms with van der Waals surface area (Å²) in [5.41, 5.74) is 1.19. The highest BCUT2D eigenvalue weighted by atomic mass is 127. The Labute approximate surface area is 186 Å². The largest absolute Gasteiger partial charge is 0.496 e. The molecule has 0 aliphatic carbocycles. The maximum absolute atomic E-state index is 5.98. The standard InChI is InChI=1S/C21H33N3O3.HI/c1-4-22-21(23-14-16(2)17-8-5-6-9-18(17)25-3)24-11-13-27-20(15-24)19-10-7-12-26-19;/h5-6,8-9,16,19-20H,4,7,10-15H2,1-3H3,(H,22,23);1H. The van der Waals surface area contributed by atoms with Crippen LogP contribution in [0.1, 0.15) is 38.2 Å². The molecule has 2 aliphatic heterocycles. The number of nitrogens with one attached hydrogen (secondary N) is 1. The van der Waals surface area contributed by atoms with Crippen molar-refractivity contribution >= 4 is 29.9 Å². The summed E-state index contributed by atoms with van der Waals surface area (Å²) in [6, 6.07) is 8.18. The van der Waals surface area contributed by atoms with Crippen molar-refractivity contribution in [3.05, 3.63) is 29.8 Å². The fourth-order valence-electron chi connectivity index (χ4n) is 3.81. The number of hydrogen-bond donors (Lipinski definition) is 1. The zero-order chi connectivity index (χ0) is 19.1. The minimum absolute atomic E-state index is 0. The number of aliphatic imine (C=N–C) groups is 1. The number of rotatable bonds is 6. The second-order valence-electron chi connectivity index (χ2n) is 7.24. The molecule has 3 rings (SSSR count). The highest BCUT2D eigenvalue weighted by Crippen LogP contribution is 2.26. The van der Waals surface area contributed by atoms with Gasteiger partial charge in [0.2, 0.25) is 0 Å². The first-order chi connectivity index (χ1) is 13.2. The molecule has 7 heteroatoms. The summed E-state index contributed by atoms with van der Waals surface area (Å²) in [5.74, 6) is 2.17. The van der Waals surface area contributed by atoms with Gasteiger partial charge in [-0.15, -0.1) is 24.0 Å². The predicted molar refractivity (Wildman–Crippen MR) is 123 cm³/mol. The fourth-order valence-corrected chi connectivity index (χ4v) is 3.81. The van der Waals surface area contributed by atoms with E-state index in [-0.39, 0.29) is 42.1 Å². The summed E-state index contributed by atoms with van der Waals surface area (Å²) < 4.78 is 17.3. The highest BCUT2D eigenvalue weighted by molar-refractivity contribution is 14.0. The van der Waals surface area contributed by atoms with Gasteiger partial charge in [-0.3, -0.25) is 4.99 Å². The van der Waals surface area contributed by atoms with Crippen molar-refractivity contribution in [2.24, 2.45) is 4.99 Å². The van der Waals surface area contributed by atoms with Crippen LogP contribution in [-0.2, 0) is 9.47 Å². The van der Waals surface area contributed by atoms with Crippen LogP contribution in [0.15, 0.2) is 29.3 Å². The molecule has 2 fully saturated rings. The lowest BCUT2D eigenvalue weighted by atomic mass is 10.0. The van der Waals surface area contributed by atoms with Gasteiger partial charge in [-0.25, -0.2) is 0 Å². The van der Waals surface area contributed by atoms with Crippen molar-refractivity contribution in [2.45, 2.75) is 44.8 Å². The van der Waals surface area contributed by atoms with Crippen LogP contribution in [-0.4, -0.2) is 69.6 Å². The number of ether oxygens (including phenoxy) is 3. The van der Waals surface area contributed by atoms with Gasteiger partial charge < -0.3 is 24.4 Å². The predicted octanol–water partition coefficient (Wildman–Crippen LogP) is 3.26. The summed E-state index contributed by atoms with van der Waals surface area (Å²) in [4.78, 5) is 7.24. The maximum Gasteiger partial charge on any atom is 0.194 e. The van der Waals surface area contributed by atoms with Gasteiger partial charge in [0.05, 0.1) is 19.8 Å². The normalized spacial score (nSPS) is 23.8. The average Bonchev–Trinajstić information content (AvgIpc) is 3.26. The number of halogens is 1. The van der Waals surface area contributed by atoms with Crippen molar-refractivity contribution in [1.82, 2.24) is 10.2 Å². The van der Waals surface area contributed by atoms with E-state index in [1.807, 2.05) is 12.1 Å². The molecule has 2 saturated heterocycles. The third kappa shape index (κ3) is 5.97. The molecule has 2 heterocycles. The minimum atomic E-state index is 0. The van der Waals surface area contributed by atoms with E-state index < -0.39 is 0 Å². The summed E-state index contributed by atoms with van der Waals surface area (Å²) in [6.45, 7) is 9.13. The monoisotopic (exact) mass is 503 g/mol. The smallest absolute Gasteiger partial charge is 0.194 e. The van der Waals surface area contributed by atoms with Crippen LogP contribution in [0.3, 0.4) is 0 Å². The Morgan fingerprint density at radius 2 is 2.07 bits per heavy atom. The fraction of sp³-hybridized carbons (Fsp3) is 0.667. The SMILES string of the molecule is CCNC(=NCC(C)c1ccccc1OC)N1CCOC(C2CCCO2)C1.I. The van der Waals surface area contributed by atoms with Gasteiger partial charge in [-0.2, -0.15) is 0 Å². The Kier molecular flexibility index (Phi) is 9.81. The van der Waals surface area contributed by atoms with Crippen LogP contribution < -0.4 is 10.1 Å². The molecular weight excluding hydrogens is 469 g/mol. The zero-order valence-corrected chi connectivity index (χ0v) is 19.6. The van der Waals surface area contributed by atoms with Gasteiger partial charge in [0.25, 0.3) is 0 Å². The first kappa shape index (κ1) is 23.2. The van der Waals surface area contributed by atoms with E-state index in [0.29, 0.717) is 6.54 Å². The van der Waals surface area contributed by atoms with Crippen LogP contribution in [0.4, 0.5) is 0 Å². The van der Waals surface area contributed by atoms with Gasteiger partial charge in [0.1, 0.15) is 11.9 Å². The van der Waals surface area contributed by atoms with E-state index in [2.05, 4.69) is 36.2 Å². The average molecular weight is 503 g/mol.